The Morgan fingerprint density at radius 3 is 1.05 bits per heavy atom. The molecule has 1 heteroatoms. The van der Waals surface area contributed by atoms with Crippen molar-refractivity contribution < 1.29 is 0 Å². The molecule has 0 radical (unpaired) electrons. The van der Waals surface area contributed by atoms with Gasteiger partial charge in [-0.15, -0.1) is 0 Å². The van der Waals surface area contributed by atoms with Gasteiger partial charge in [0.05, 0.1) is 0 Å². The molecule has 0 aromatic heterocycles. The average molecular weight is 464 g/mol. The van der Waals surface area contributed by atoms with Crippen LogP contribution in [0.3, 0.4) is 0 Å². The second-order valence-electron chi connectivity index (χ2n) is 4.99. The van der Waals surface area contributed by atoms with Gasteiger partial charge in [-0.25, -0.2) is 0 Å². The molecule has 0 saturated heterocycles. The molecule has 0 spiro atoms. The van der Waals surface area contributed by atoms with Gasteiger partial charge < -0.3 is 0 Å². The second kappa shape index (κ2) is 6.28. The zero-order valence-corrected chi connectivity index (χ0v) is 15.6. The van der Waals surface area contributed by atoms with E-state index in [2.05, 4.69) is 94.5 Å². The van der Waals surface area contributed by atoms with E-state index in [4.69, 9.17) is 6.42 Å². The van der Waals surface area contributed by atoms with Crippen molar-refractivity contribution in [1.82, 2.24) is 0 Å². The van der Waals surface area contributed by atoms with Crippen molar-refractivity contribution in [1.29, 1.82) is 0 Å². The Labute approximate surface area is 131 Å². The van der Waals surface area contributed by atoms with Crippen LogP contribution in [-0.2, 0) is 0 Å². The van der Waals surface area contributed by atoms with Crippen LogP contribution in [-0.4, -0.2) is 21.2 Å². The molecular formula is C20H16Pb. The van der Waals surface area contributed by atoms with Crippen molar-refractivity contribution in [2.45, 2.75) is 0 Å². The Balaban J connectivity index is 2.32. The predicted molar refractivity (Wildman–Crippen MR) is 92.8 cm³/mol. The third kappa shape index (κ3) is 2.54. The first-order chi connectivity index (χ1) is 10.4. The number of terminal acetylenes is 1. The molecule has 0 amide bonds. The molecule has 0 N–H and O–H groups in total. The summed E-state index contributed by atoms with van der Waals surface area (Å²) in [5.41, 5.74) is 0. The summed E-state index contributed by atoms with van der Waals surface area (Å²) >= 11 is -3.46. The Morgan fingerprint density at radius 1 is 0.524 bits per heavy atom. The van der Waals surface area contributed by atoms with Crippen molar-refractivity contribution in [2.75, 3.05) is 0 Å². The van der Waals surface area contributed by atoms with Crippen molar-refractivity contribution in [3.05, 3.63) is 91.0 Å². The van der Waals surface area contributed by atoms with Crippen LogP contribution in [0.25, 0.3) is 0 Å². The third-order valence-corrected chi connectivity index (χ3v) is 19.5. The minimum atomic E-state index is -3.46. The van der Waals surface area contributed by atoms with Crippen LogP contribution in [0.1, 0.15) is 0 Å². The summed E-state index contributed by atoms with van der Waals surface area (Å²) in [6.45, 7) is 0. The van der Waals surface area contributed by atoms with Crippen molar-refractivity contribution in [2.24, 2.45) is 0 Å². The molecule has 0 aliphatic rings. The zero-order chi connectivity index (χ0) is 14.5. The van der Waals surface area contributed by atoms with Gasteiger partial charge in [-0.3, -0.25) is 0 Å². The quantitative estimate of drug-likeness (QED) is 0.413. The van der Waals surface area contributed by atoms with E-state index in [9.17, 15) is 0 Å². The molecule has 0 atom stereocenters. The van der Waals surface area contributed by atoms with Gasteiger partial charge in [0.25, 0.3) is 0 Å². The first kappa shape index (κ1) is 14.1. The standard InChI is InChI=1S/3C6H5.C2H.Pb/c3*1-2-4-6-5-3-1;1-2;/h3*1-5H;1H;. The Kier molecular flexibility index (Phi) is 4.21. The van der Waals surface area contributed by atoms with Crippen LogP contribution in [0, 0.1) is 9.90 Å². The van der Waals surface area contributed by atoms with Crippen LogP contribution in [0.2, 0.25) is 0 Å². The van der Waals surface area contributed by atoms with Gasteiger partial charge in [-0.05, 0) is 0 Å². The first-order valence-corrected chi connectivity index (χ1v) is 14.8. The van der Waals surface area contributed by atoms with Gasteiger partial charge in [0.15, 0.2) is 0 Å². The van der Waals surface area contributed by atoms with Crippen LogP contribution >= 0.6 is 0 Å². The molecule has 3 aromatic rings. The molecular weight excluding hydrogens is 447 g/mol. The number of hydrogen-bond acceptors (Lipinski definition) is 0. The molecule has 3 rings (SSSR count). The van der Waals surface area contributed by atoms with Gasteiger partial charge >= 0.3 is 131 Å². The SMILES string of the molecule is C#[C][Pb]([c]1ccccc1)([c]1ccccc1)[c]1ccccc1. The van der Waals surface area contributed by atoms with E-state index in [-0.39, 0.29) is 0 Å². The first-order valence-electron chi connectivity index (χ1n) is 7.02. The third-order valence-electron chi connectivity index (χ3n) is 3.84. The second-order valence-corrected chi connectivity index (χ2v) is 18.7. The monoisotopic (exact) mass is 464 g/mol. The molecule has 0 nitrogen and oxygen atoms in total. The summed E-state index contributed by atoms with van der Waals surface area (Å²) in [5.74, 6) is 0. The van der Waals surface area contributed by atoms with Gasteiger partial charge in [-0.1, -0.05) is 0 Å². The fourth-order valence-electron chi connectivity index (χ4n) is 2.81. The minimum absolute atomic E-state index is 1.34. The van der Waals surface area contributed by atoms with Gasteiger partial charge in [0, 0.05) is 0 Å². The Morgan fingerprint density at radius 2 is 0.810 bits per heavy atom. The normalized spacial score (nSPS) is 10.8. The molecule has 0 fully saturated rings. The molecule has 0 aliphatic heterocycles. The van der Waals surface area contributed by atoms with E-state index in [1.165, 1.54) is 9.37 Å². The molecule has 100 valence electrons. The molecule has 0 heterocycles. The fourth-order valence-corrected chi connectivity index (χ4v) is 16.7. The van der Waals surface area contributed by atoms with E-state index >= 15 is 0 Å². The maximum absolute atomic E-state index is 6.15. The van der Waals surface area contributed by atoms with Crippen LogP contribution in [0.15, 0.2) is 91.0 Å². The molecule has 0 bridgehead atoms. The van der Waals surface area contributed by atoms with E-state index in [0.717, 1.165) is 0 Å². The van der Waals surface area contributed by atoms with Crippen LogP contribution in [0.5, 0.6) is 0 Å². The summed E-state index contributed by atoms with van der Waals surface area (Å²) in [6, 6.07) is 31.9. The van der Waals surface area contributed by atoms with Crippen molar-refractivity contribution in [3.8, 4) is 9.90 Å². The van der Waals surface area contributed by atoms with Crippen molar-refractivity contribution in [3.63, 3.8) is 0 Å². The fraction of sp³-hybridized carbons (Fsp3) is 0. The topological polar surface area (TPSA) is 0 Å². The summed E-state index contributed by atoms with van der Waals surface area (Å²) < 4.78 is 7.30. The summed E-state index contributed by atoms with van der Waals surface area (Å²) in [4.78, 5) is 0. The van der Waals surface area contributed by atoms with Gasteiger partial charge in [0.1, 0.15) is 0 Å². The van der Waals surface area contributed by atoms with Crippen LogP contribution < -0.4 is 9.37 Å². The molecule has 0 unspecified atom stereocenters. The van der Waals surface area contributed by atoms with E-state index in [0.29, 0.717) is 0 Å². The van der Waals surface area contributed by atoms with E-state index in [1.807, 2.05) is 0 Å². The molecule has 0 saturated carbocycles. The number of rotatable bonds is 3. The Hall–Kier alpha value is -1.86. The maximum atomic E-state index is 6.15. The predicted octanol–water partition coefficient (Wildman–Crippen LogP) is 2.33. The number of hydrogen-bond donors (Lipinski definition) is 0. The van der Waals surface area contributed by atoms with E-state index in [1.54, 1.807) is 0 Å². The summed E-state index contributed by atoms with van der Waals surface area (Å²) in [7, 11) is 0. The van der Waals surface area contributed by atoms with E-state index < -0.39 is 21.2 Å². The summed E-state index contributed by atoms with van der Waals surface area (Å²) in [6.07, 6.45) is 6.15. The van der Waals surface area contributed by atoms with Crippen molar-refractivity contribution >= 4 is 30.5 Å². The van der Waals surface area contributed by atoms with Gasteiger partial charge in [0.2, 0.25) is 0 Å². The summed E-state index contributed by atoms with van der Waals surface area (Å²) in [5, 5.41) is 0. The number of benzene rings is 3. The molecule has 21 heavy (non-hydrogen) atoms. The van der Waals surface area contributed by atoms with Gasteiger partial charge in [-0.2, -0.15) is 0 Å². The van der Waals surface area contributed by atoms with Crippen LogP contribution in [0.4, 0.5) is 0 Å². The molecule has 3 aromatic carbocycles. The zero-order valence-electron chi connectivity index (χ0n) is 11.7. The molecule has 0 aliphatic carbocycles. The average Bonchev–Trinajstić information content (AvgIpc) is 2.59. The Bertz CT molecular complexity index is 643.